The number of aliphatic hydroxyl groups is 1. The van der Waals surface area contributed by atoms with Gasteiger partial charge in [-0.3, -0.25) is 18.7 Å². The van der Waals surface area contributed by atoms with Crippen LogP contribution >= 0.6 is 0 Å². The van der Waals surface area contributed by atoms with E-state index in [0.717, 1.165) is 19.3 Å². The molecular weight excluding hydrogens is 326 g/mol. The lowest BCUT2D eigenvalue weighted by molar-refractivity contribution is -0.138. The van der Waals surface area contributed by atoms with E-state index in [1.807, 2.05) is 0 Å². The Morgan fingerprint density at radius 2 is 1.54 bits per heavy atom. The molecule has 1 saturated heterocycles. The molecule has 0 aliphatic carbocycles. The van der Waals surface area contributed by atoms with Crippen LogP contribution in [0.1, 0.15) is 77.6 Å². The number of nitrogens with zero attached hydrogens (tertiary/aromatic N) is 1. The number of imide groups is 1. The van der Waals surface area contributed by atoms with Crippen molar-refractivity contribution in [3.63, 3.8) is 0 Å². The number of amides is 2. The third-order valence-corrected chi connectivity index (χ3v) is 6.14. The number of unbranched alkanes of at least 4 members (excludes halogenated alkanes) is 9. The molecule has 2 amide bonds. The average molecular weight is 360 g/mol. The first-order valence-electron chi connectivity index (χ1n) is 9.44. The SMILES string of the molecule is CCCCCCCCCCCCN1C(=O)CC(S(=O)CCO)C1=O. The van der Waals surface area contributed by atoms with Gasteiger partial charge in [0.25, 0.3) is 0 Å². The van der Waals surface area contributed by atoms with Crippen molar-refractivity contribution in [3.8, 4) is 0 Å². The minimum atomic E-state index is -1.44. The Morgan fingerprint density at radius 3 is 2.08 bits per heavy atom. The van der Waals surface area contributed by atoms with Crippen LogP contribution in [0.4, 0.5) is 0 Å². The molecule has 1 heterocycles. The summed E-state index contributed by atoms with van der Waals surface area (Å²) in [5.41, 5.74) is 0. The maximum absolute atomic E-state index is 12.2. The van der Waals surface area contributed by atoms with E-state index < -0.39 is 16.0 Å². The number of hydrogen-bond donors (Lipinski definition) is 1. The van der Waals surface area contributed by atoms with E-state index in [1.54, 1.807) is 0 Å². The molecule has 0 radical (unpaired) electrons. The molecule has 6 heteroatoms. The number of likely N-dealkylation sites (tertiary alicyclic amines) is 1. The Bertz CT molecular complexity index is 414. The van der Waals surface area contributed by atoms with Gasteiger partial charge in [0, 0.05) is 23.1 Å². The Hall–Kier alpha value is -0.750. The van der Waals surface area contributed by atoms with Crippen LogP contribution in [0.2, 0.25) is 0 Å². The van der Waals surface area contributed by atoms with E-state index in [9.17, 15) is 13.8 Å². The second kappa shape index (κ2) is 12.6. The Morgan fingerprint density at radius 1 is 1.00 bits per heavy atom. The Labute approximate surface area is 148 Å². The number of carbonyl (C=O) groups excluding carboxylic acids is 2. The van der Waals surface area contributed by atoms with Crippen molar-refractivity contribution >= 4 is 22.6 Å². The lowest BCUT2D eigenvalue weighted by Crippen LogP contribution is -2.34. The molecule has 0 saturated carbocycles. The van der Waals surface area contributed by atoms with Gasteiger partial charge in [0.05, 0.1) is 13.0 Å². The maximum Gasteiger partial charge on any atom is 0.245 e. The monoisotopic (exact) mass is 359 g/mol. The normalized spacial score (nSPS) is 19.2. The van der Waals surface area contributed by atoms with Crippen molar-refractivity contribution in [3.05, 3.63) is 0 Å². The van der Waals surface area contributed by atoms with Crippen LogP contribution in [0.3, 0.4) is 0 Å². The van der Waals surface area contributed by atoms with Crippen LogP contribution in [-0.2, 0) is 20.4 Å². The van der Waals surface area contributed by atoms with Gasteiger partial charge >= 0.3 is 0 Å². The van der Waals surface area contributed by atoms with Gasteiger partial charge in [-0.15, -0.1) is 0 Å². The van der Waals surface area contributed by atoms with Crippen LogP contribution in [0.15, 0.2) is 0 Å². The van der Waals surface area contributed by atoms with Crippen LogP contribution in [-0.4, -0.2) is 50.2 Å². The second-order valence-electron chi connectivity index (χ2n) is 6.57. The molecule has 0 aromatic carbocycles. The molecule has 2 atom stereocenters. The van der Waals surface area contributed by atoms with Crippen LogP contribution in [0.5, 0.6) is 0 Å². The summed E-state index contributed by atoms with van der Waals surface area (Å²) < 4.78 is 11.8. The molecule has 0 spiro atoms. The second-order valence-corrected chi connectivity index (χ2v) is 8.31. The highest BCUT2D eigenvalue weighted by Crippen LogP contribution is 2.19. The number of carbonyl (C=O) groups is 2. The summed E-state index contributed by atoms with van der Waals surface area (Å²) >= 11 is 0. The lowest BCUT2D eigenvalue weighted by atomic mass is 10.1. The van der Waals surface area contributed by atoms with E-state index >= 15 is 0 Å². The standard InChI is InChI=1S/C18H33NO4S/c1-2-3-4-5-6-7-8-9-10-11-12-19-17(21)15-16(18(19)22)24(23)14-13-20/h16,20H,2-15H2,1H3. The van der Waals surface area contributed by atoms with Crippen molar-refractivity contribution < 1.29 is 18.9 Å². The largest absolute Gasteiger partial charge is 0.395 e. The van der Waals surface area contributed by atoms with Gasteiger partial charge in [0.1, 0.15) is 5.25 Å². The van der Waals surface area contributed by atoms with Crippen molar-refractivity contribution in [2.24, 2.45) is 0 Å². The highest BCUT2D eigenvalue weighted by atomic mass is 32.2. The highest BCUT2D eigenvalue weighted by molar-refractivity contribution is 7.86. The van der Waals surface area contributed by atoms with Crippen molar-refractivity contribution in [2.45, 2.75) is 82.8 Å². The fraction of sp³-hybridized carbons (Fsp3) is 0.889. The minimum absolute atomic E-state index is 0.0310. The number of hydrogen-bond acceptors (Lipinski definition) is 4. The van der Waals surface area contributed by atoms with Gasteiger partial charge in [-0.2, -0.15) is 0 Å². The summed E-state index contributed by atoms with van der Waals surface area (Å²) in [6, 6.07) is 0. The molecule has 1 aliphatic heterocycles. The lowest BCUT2D eigenvalue weighted by Gasteiger charge is -2.14. The summed E-state index contributed by atoms with van der Waals surface area (Å²) in [7, 11) is -1.44. The molecule has 24 heavy (non-hydrogen) atoms. The van der Waals surface area contributed by atoms with Crippen LogP contribution in [0, 0.1) is 0 Å². The summed E-state index contributed by atoms with van der Waals surface area (Å²) in [4.78, 5) is 25.3. The highest BCUT2D eigenvalue weighted by Gasteiger charge is 2.41. The van der Waals surface area contributed by atoms with E-state index in [4.69, 9.17) is 5.11 Å². The topological polar surface area (TPSA) is 74.7 Å². The van der Waals surface area contributed by atoms with Gasteiger partial charge in [-0.05, 0) is 6.42 Å². The molecular formula is C18H33NO4S. The van der Waals surface area contributed by atoms with E-state index in [2.05, 4.69) is 6.92 Å². The smallest absolute Gasteiger partial charge is 0.245 e. The first-order chi connectivity index (χ1) is 11.6. The summed E-state index contributed by atoms with van der Waals surface area (Å²) in [5, 5.41) is 8.07. The molecule has 0 bridgehead atoms. The molecule has 1 N–H and O–H groups in total. The van der Waals surface area contributed by atoms with E-state index in [1.165, 1.54) is 49.8 Å². The molecule has 1 fully saturated rings. The predicted octanol–water partition coefficient (Wildman–Crippen LogP) is 2.78. The van der Waals surface area contributed by atoms with Crippen LogP contribution < -0.4 is 0 Å². The average Bonchev–Trinajstić information content (AvgIpc) is 2.84. The summed E-state index contributed by atoms with van der Waals surface area (Å²) in [6.45, 7) is 2.45. The van der Waals surface area contributed by atoms with Gasteiger partial charge in [0.15, 0.2) is 0 Å². The Kier molecular flexibility index (Phi) is 11.2. The summed E-state index contributed by atoms with van der Waals surface area (Å²) in [6.07, 6.45) is 12.1. The molecule has 1 rings (SSSR count). The minimum Gasteiger partial charge on any atom is -0.395 e. The van der Waals surface area contributed by atoms with Gasteiger partial charge in [-0.1, -0.05) is 64.7 Å². The number of rotatable bonds is 14. The maximum atomic E-state index is 12.2. The molecule has 0 aromatic rings. The molecule has 1 aliphatic rings. The van der Waals surface area contributed by atoms with Crippen molar-refractivity contribution in [1.82, 2.24) is 4.90 Å². The zero-order valence-electron chi connectivity index (χ0n) is 15.0. The zero-order valence-corrected chi connectivity index (χ0v) is 15.8. The summed E-state index contributed by atoms with van der Waals surface area (Å²) in [5.74, 6) is -0.467. The van der Waals surface area contributed by atoms with Crippen molar-refractivity contribution in [2.75, 3.05) is 18.9 Å². The predicted molar refractivity (Wildman–Crippen MR) is 97.1 cm³/mol. The molecule has 140 valence electrons. The molecule has 0 aromatic heterocycles. The van der Waals surface area contributed by atoms with Crippen LogP contribution in [0.25, 0.3) is 0 Å². The molecule has 5 nitrogen and oxygen atoms in total. The van der Waals surface area contributed by atoms with E-state index in [0.29, 0.717) is 6.54 Å². The molecule has 2 unspecified atom stereocenters. The quantitative estimate of drug-likeness (QED) is 0.382. The van der Waals surface area contributed by atoms with Crippen molar-refractivity contribution in [1.29, 1.82) is 0 Å². The first-order valence-corrected chi connectivity index (χ1v) is 10.8. The Balaban J connectivity index is 2.11. The third-order valence-electron chi connectivity index (χ3n) is 4.55. The number of aliphatic hydroxyl groups excluding tert-OH is 1. The fourth-order valence-corrected chi connectivity index (χ4v) is 4.23. The fourth-order valence-electron chi connectivity index (χ4n) is 3.08. The third kappa shape index (κ3) is 7.43. The van der Waals surface area contributed by atoms with Gasteiger partial charge < -0.3 is 5.11 Å². The zero-order chi connectivity index (χ0) is 17.8. The van der Waals surface area contributed by atoms with Gasteiger partial charge in [-0.25, -0.2) is 0 Å². The van der Waals surface area contributed by atoms with E-state index in [-0.39, 0.29) is 30.6 Å². The van der Waals surface area contributed by atoms with Gasteiger partial charge in [0.2, 0.25) is 11.8 Å². The first kappa shape index (κ1) is 21.3.